The highest BCUT2D eigenvalue weighted by Crippen LogP contribution is 2.22. The van der Waals surface area contributed by atoms with Crippen molar-refractivity contribution in [3.05, 3.63) is 53.3 Å². The second-order valence-electron chi connectivity index (χ2n) is 4.15. The average Bonchev–Trinajstić information content (AvgIpc) is 2.31. The minimum absolute atomic E-state index is 0.112. The van der Waals surface area contributed by atoms with Crippen molar-refractivity contribution in [3.63, 3.8) is 0 Å². The monoisotopic (exact) mass is 261 g/mol. The van der Waals surface area contributed by atoms with Crippen LogP contribution in [0.25, 0.3) is 0 Å². The van der Waals surface area contributed by atoms with Gasteiger partial charge in [-0.25, -0.2) is 4.39 Å². The van der Waals surface area contributed by atoms with Gasteiger partial charge in [-0.05, 0) is 42.8 Å². The lowest BCUT2D eigenvalue weighted by molar-refractivity contribution is 0.102. The zero-order valence-electron chi connectivity index (χ0n) is 10.1. The predicted molar refractivity (Wildman–Crippen MR) is 68.9 cm³/mol. The van der Waals surface area contributed by atoms with Gasteiger partial charge in [-0.1, -0.05) is 0 Å². The Kier molecular flexibility index (Phi) is 3.37. The van der Waals surface area contributed by atoms with Gasteiger partial charge in [0.25, 0.3) is 5.91 Å². The van der Waals surface area contributed by atoms with Gasteiger partial charge in [-0.3, -0.25) is 4.79 Å². The first kappa shape index (κ1) is 12.9. The summed E-state index contributed by atoms with van der Waals surface area (Å²) in [7, 11) is 0. The molecule has 0 aliphatic rings. The van der Waals surface area contributed by atoms with E-state index in [1.165, 1.54) is 30.3 Å². The summed E-state index contributed by atoms with van der Waals surface area (Å²) >= 11 is 0. The molecule has 0 unspecified atom stereocenters. The summed E-state index contributed by atoms with van der Waals surface area (Å²) in [5.74, 6) is -1.30. The lowest BCUT2D eigenvalue weighted by Gasteiger charge is -2.09. The number of amides is 1. The van der Waals surface area contributed by atoms with Crippen LogP contribution in [-0.4, -0.2) is 16.1 Å². The maximum atomic E-state index is 12.9. The van der Waals surface area contributed by atoms with E-state index in [1.54, 1.807) is 6.92 Å². The highest BCUT2D eigenvalue weighted by atomic mass is 19.1. The number of carbonyl (C=O) groups excluding carboxylic acids is 1. The Morgan fingerprint density at radius 2 is 1.74 bits per heavy atom. The third-order valence-corrected chi connectivity index (χ3v) is 2.60. The van der Waals surface area contributed by atoms with E-state index in [-0.39, 0.29) is 22.9 Å². The molecule has 2 aromatic carbocycles. The van der Waals surface area contributed by atoms with Gasteiger partial charge in [0.2, 0.25) is 0 Å². The summed E-state index contributed by atoms with van der Waals surface area (Å²) in [5, 5.41) is 21.2. The molecule has 0 bridgehead atoms. The van der Waals surface area contributed by atoms with Crippen LogP contribution in [0.2, 0.25) is 0 Å². The van der Waals surface area contributed by atoms with Gasteiger partial charge in [0.15, 0.2) is 0 Å². The van der Waals surface area contributed by atoms with Crippen LogP contribution in [-0.2, 0) is 0 Å². The Balaban J connectivity index is 2.25. The first-order chi connectivity index (χ1) is 8.95. The van der Waals surface area contributed by atoms with Crippen LogP contribution in [0.15, 0.2) is 36.4 Å². The number of phenols is 2. The number of halogens is 1. The quantitative estimate of drug-likeness (QED) is 0.778. The molecule has 0 saturated carbocycles. The zero-order chi connectivity index (χ0) is 14.0. The molecule has 0 spiro atoms. The summed E-state index contributed by atoms with van der Waals surface area (Å²) in [6.45, 7) is 1.67. The molecule has 2 rings (SSSR count). The van der Waals surface area contributed by atoms with Crippen LogP contribution in [0.3, 0.4) is 0 Å². The van der Waals surface area contributed by atoms with Crippen molar-refractivity contribution in [3.8, 4) is 11.5 Å². The number of hydrogen-bond acceptors (Lipinski definition) is 3. The molecule has 2 aromatic rings. The third-order valence-electron chi connectivity index (χ3n) is 2.60. The van der Waals surface area contributed by atoms with Crippen molar-refractivity contribution in [1.82, 2.24) is 0 Å². The van der Waals surface area contributed by atoms with Crippen LogP contribution in [0.1, 0.15) is 15.9 Å². The lowest BCUT2D eigenvalue weighted by Crippen LogP contribution is -2.12. The molecule has 4 nitrogen and oxygen atoms in total. The number of anilines is 1. The highest BCUT2D eigenvalue weighted by Gasteiger charge is 2.10. The zero-order valence-corrected chi connectivity index (χ0v) is 10.1. The highest BCUT2D eigenvalue weighted by molar-refractivity contribution is 6.05. The first-order valence-electron chi connectivity index (χ1n) is 5.56. The molecule has 98 valence electrons. The molecule has 0 saturated heterocycles. The number of nitrogens with one attached hydrogen (secondary N) is 1. The average molecular weight is 261 g/mol. The number of phenolic OH excluding ortho intramolecular Hbond substituents is 2. The third kappa shape index (κ3) is 3.01. The van der Waals surface area contributed by atoms with E-state index in [9.17, 15) is 19.4 Å². The van der Waals surface area contributed by atoms with Crippen molar-refractivity contribution < 1.29 is 19.4 Å². The Labute approximate surface area is 109 Å². The molecule has 0 fully saturated rings. The van der Waals surface area contributed by atoms with Crippen molar-refractivity contribution in [2.45, 2.75) is 6.92 Å². The van der Waals surface area contributed by atoms with Crippen molar-refractivity contribution in [2.75, 3.05) is 5.32 Å². The Morgan fingerprint density at radius 1 is 1.11 bits per heavy atom. The van der Waals surface area contributed by atoms with Crippen LogP contribution in [0.4, 0.5) is 10.1 Å². The number of benzene rings is 2. The molecule has 3 N–H and O–H groups in total. The molecular weight excluding hydrogens is 249 g/mol. The fourth-order valence-corrected chi connectivity index (χ4v) is 1.69. The minimum atomic E-state index is -0.499. The van der Waals surface area contributed by atoms with E-state index in [1.807, 2.05) is 0 Å². The molecule has 0 radical (unpaired) electrons. The Morgan fingerprint density at radius 3 is 2.32 bits per heavy atom. The fraction of sp³-hybridized carbons (Fsp3) is 0.0714. The lowest BCUT2D eigenvalue weighted by atomic mass is 10.1. The SMILES string of the molecule is Cc1cc(F)ccc1NC(=O)c1cc(O)cc(O)c1. The van der Waals surface area contributed by atoms with E-state index in [0.29, 0.717) is 11.3 Å². The molecule has 0 heterocycles. The molecule has 0 atom stereocenters. The number of hydrogen-bond donors (Lipinski definition) is 3. The van der Waals surface area contributed by atoms with E-state index in [4.69, 9.17) is 0 Å². The van der Waals surface area contributed by atoms with Crippen LogP contribution < -0.4 is 5.32 Å². The van der Waals surface area contributed by atoms with Crippen molar-refractivity contribution in [1.29, 1.82) is 0 Å². The van der Waals surface area contributed by atoms with Gasteiger partial charge in [0.1, 0.15) is 17.3 Å². The van der Waals surface area contributed by atoms with E-state index >= 15 is 0 Å². The van der Waals surface area contributed by atoms with E-state index in [2.05, 4.69) is 5.32 Å². The van der Waals surface area contributed by atoms with Gasteiger partial charge >= 0.3 is 0 Å². The summed E-state index contributed by atoms with van der Waals surface area (Å²) in [6.07, 6.45) is 0. The normalized spacial score (nSPS) is 10.2. The standard InChI is InChI=1S/C14H12FNO3/c1-8-4-10(15)2-3-13(8)16-14(19)9-5-11(17)7-12(18)6-9/h2-7,17-18H,1H3,(H,16,19). The smallest absolute Gasteiger partial charge is 0.255 e. The topological polar surface area (TPSA) is 69.6 Å². The van der Waals surface area contributed by atoms with Gasteiger partial charge in [0.05, 0.1) is 0 Å². The second-order valence-corrected chi connectivity index (χ2v) is 4.15. The molecule has 0 aliphatic carbocycles. The minimum Gasteiger partial charge on any atom is -0.508 e. The molecular formula is C14H12FNO3. The number of aryl methyl sites for hydroxylation is 1. The van der Waals surface area contributed by atoms with Gasteiger partial charge in [0, 0.05) is 17.3 Å². The molecule has 5 heteroatoms. The molecule has 19 heavy (non-hydrogen) atoms. The summed E-state index contributed by atoms with van der Waals surface area (Å²) < 4.78 is 12.9. The van der Waals surface area contributed by atoms with E-state index in [0.717, 1.165) is 6.07 Å². The van der Waals surface area contributed by atoms with Gasteiger partial charge in [-0.15, -0.1) is 0 Å². The van der Waals surface area contributed by atoms with Gasteiger partial charge in [-0.2, -0.15) is 0 Å². The first-order valence-corrected chi connectivity index (χ1v) is 5.56. The Bertz CT molecular complexity index is 620. The fourth-order valence-electron chi connectivity index (χ4n) is 1.69. The van der Waals surface area contributed by atoms with Gasteiger partial charge < -0.3 is 15.5 Å². The summed E-state index contributed by atoms with van der Waals surface area (Å²) in [6, 6.07) is 7.57. The maximum Gasteiger partial charge on any atom is 0.255 e. The number of aromatic hydroxyl groups is 2. The molecule has 0 aromatic heterocycles. The number of rotatable bonds is 2. The summed E-state index contributed by atoms with van der Waals surface area (Å²) in [5.41, 5.74) is 1.16. The van der Waals surface area contributed by atoms with Crippen LogP contribution >= 0.6 is 0 Å². The van der Waals surface area contributed by atoms with Crippen LogP contribution in [0.5, 0.6) is 11.5 Å². The second kappa shape index (κ2) is 4.97. The Hall–Kier alpha value is -2.56. The number of carbonyl (C=O) groups is 1. The maximum absolute atomic E-state index is 12.9. The van der Waals surface area contributed by atoms with Crippen molar-refractivity contribution in [2.24, 2.45) is 0 Å². The largest absolute Gasteiger partial charge is 0.508 e. The summed E-state index contributed by atoms with van der Waals surface area (Å²) in [4.78, 5) is 11.9. The molecule has 1 amide bonds. The van der Waals surface area contributed by atoms with E-state index < -0.39 is 5.91 Å². The van der Waals surface area contributed by atoms with Crippen LogP contribution in [0, 0.1) is 12.7 Å². The van der Waals surface area contributed by atoms with Crippen molar-refractivity contribution >= 4 is 11.6 Å². The molecule has 0 aliphatic heterocycles. The predicted octanol–water partition coefficient (Wildman–Crippen LogP) is 2.80.